The van der Waals surface area contributed by atoms with E-state index in [0.717, 1.165) is 7.25 Å². The van der Waals surface area contributed by atoms with Crippen molar-refractivity contribution in [1.82, 2.24) is 0 Å². The van der Waals surface area contributed by atoms with Gasteiger partial charge in [-0.25, -0.2) is 0 Å². The first-order valence-corrected chi connectivity index (χ1v) is 16.1. The third-order valence-electron chi connectivity index (χ3n) is 7.04. The van der Waals surface area contributed by atoms with Gasteiger partial charge in [0.2, 0.25) is 0 Å². The Morgan fingerprint density at radius 2 is 1.54 bits per heavy atom. The van der Waals surface area contributed by atoms with E-state index in [9.17, 15) is 0 Å². The molecule has 1 heterocycles. The Morgan fingerprint density at radius 3 is 2.04 bits per heavy atom. The first-order valence-electron chi connectivity index (χ1n) is 10.3. The van der Waals surface area contributed by atoms with Gasteiger partial charge in [0.25, 0.3) is 0 Å². The summed E-state index contributed by atoms with van der Waals surface area (Å²) in [7, 11) is 0. The van der Waals surface area contributed by atoms with Crippen LogP contribution in [0, 0.1) is 10.8 Å². The van der Waals surface area contributed by atoms with Gasteiger partial charge in [-0.3, -0.25) is 0 Å². The Bertz CT molecular complexity index is 848. The van der Waals surface area contributed by atoms with E-state index in [-0.39, 0.29) is 35.6 Å². The van der Waals surface area contributed by atoms with Crippen molar-refractivity contribution in [1.29, 1.82) is 0 Å². The number of hydrogen-bond acceptors (Lipinski definition) is 0. The minimum atomic E-state index is -2.37. The maximum absolute atomic E-state index is 2.70. The van der Waals surface area contributed by atoms with Crippen LogP contribution in [0.25, 0.3) is 6.08 Å². The molecule has 0 amide bonds. The molecule has 1 fully saturated rings. The molecule has 3 aliphatic rings. The van der Waals surface area contributed by atoms with Crippen LogP contribution in [0.4, 0.5) is 0 Å². The third kappa shape index (κ3) is 3.81. The number of hydrogen-bond donors (Lipinski definition) is 0. The summed E-state index contributed by atoms with van der Waals surface area (Å²) in [5.41, 5.74) is 6.99. The van der Waals surface area contributed by atoms with E-state index >= 15 is 0 Å². The minimum Gasteiger partial charge on any atom is -1.00 e. The van der Waals surface area contributed by atoms with Crippen molar-refractivity contribution in [3.63, 3.8) is 0 Å². The number of benzene rings is 1. The van der Waals surface area contributed by atoms with Crippen LogP contribution in [0.2, 0.25) is 7.75 Å². The molecule has 0 N–H and O–H groups in total. The van der Waals surface area contributed by atoms with Crippen molar-refractivity contribution < 1.29 is 45.1 Å². The van der Waals surface area contributed by atoms with Gasteiger partial charge in [-0.15, -0.1) is 0 Å². The van der Waals surface area contributed by atoms with Crippen molar-refractivity contribution in [2.24, 2.45) is 10.8 Å². The van der Waals surface area contributed by atoms with Crippen LogP contribution in [-0.4, -0.2) is 0 Å². The molecule has 1 saturated heterocycles. The molecule has 3 atom stereocenters. The third-order valence-corrected chi connectivity index (χ3v) is 21.4. The van der Waals surface area contributed by atoms with Gasteiger partial charge in [0.1, 0.15) is 0 Å². The van der Waals surface area contributed by atoms with Crippen LogP contribution in [0.5, 0.6) is 0 Å². The van der Waals surface area contributed by atoms with Crippen molar-refractivity contribution in [2.75, 3.05) is 0 Å². The van der Waals surface area contributed by atoms with Crippen LogP contribution >= 0.6 is 0 Å². The topological polar surface area (TPSA) is 0 Å². The molecule has 1 aromatic carbocycles. The maximum Gasteiger partial charge on any atom is -1.00 e. The molecule has 0 nitrogen and oxygen atoms in total. The maximum atomic E-state index is 2.70. The average Bonchev–Trinajstić information content (AvgIpc) is 2.96. The minimum absolute atomic E-state index is 0. The molecule has 0 aromatic heterocycles. The fraction of sp³-hybridized carbons (Fsp3) is 0.520. The van der Waals surface area contributed by atoms with Crippen LogP contribution < -0.4 is 24.8 Å². The molecule has 3 unspecified atom stereocenters. The first kappa shape index (κ1) is 24.2. The molecule has 0 saturated carbocycles. The van der Waals surface area contributed by atoms with Gasteiger partial charge < -0.3 is 24.8 Å². The predicted molar refractivity (Wildman–Crippen MR) is 111 cm³/mol. The number of halogens is 2. The Hall–Kier alpha value is -0.0969. The summed E-state index contributed by atoms with van der Waals surface area (Å²) in [6.07, 6.45) is 8.96. The van der Waals surface area contributed by atoms with Crippen LogP contribution in [0.3, 0.4) is 0 Å². The van der Waals surface area contributed by atoms with Gasteiger partial charge in [0, 0.05) is 0 Å². The summed E-state index contributed by atoms with van der Waals surface area (Å²) >= 11 is -2.37. The van der Waals surface area contributed by atoms with Gasteiger partial charge in [-0.1, -0.05) is 0 Å². The number of rotatable bonds is 2. The van der Waals surface area contributed by atoms with Crippen LogP contribution in [0.1, 0.15) is 69.6 Å². The Morgan fingerprint density at radius 1 is 0.929 bits per heavy atom. The van der Waals surface area contributed by atoms with Gasteiger partial charge in [0.15, 0.2) is 0 Å². The number of allylic oxidation sites excluding steroid dienone is 5. The Kier molecular flexibility index (Phi) is 6.79. The first-order chi connectivity index (χ1) is 12.0. The summed E-state index contributed by atoms with van der Waals surface area (Å²) in [5, 5.41) is 0. The molecule has 0 bridgehead atoms. The molecule has 4 rings (SSSR count). The molecule has 3 heteroatoms. The largest absolute Gasteiger partial charge is 1.00 e. The normalized spacial score (nSPS) is 26.2. The summed E-state index contributed by atoms with van der Waals surface area (Å²) in [6.45, 7) is 17.0. The van der Waals surface area contributed by atoms with E-state index < -0.39 is 20.3 Å². The average molecular weight is 497 g/mol. The fourth-order valence-corrected chi connectivity index (χ4v) is 21.5. The monoisotopic (exact) mass is 494 g/mol. The van der Waals surface area contributed by atoms with Gasteiger partial charge >= 0.3 is 165 Å². The van der Waals surface area contributed by atoms with E-state index in [1.165, 1.54) is 12.0 Å². The molecule has 0 spiro atoms. The van der Waals surface area contributed by atoms with E-state index in [4.69, 9.17) is 0 Å². The molecule has 2 aliphatic carbocycles. The van der Waals surface area contributed by atoms with Crippen LogP contribution in [0.15, 0.2) is 50.8 Å². The number of fused-ring (bicyclic) bond motifs is 1. The molecule has 1 aliphatic heterocycles. The van der Waals surface area contributed by atoms with Crippen molar-refractivity contribution in [3.05, 3.63) is 62.0 Å². The zero-order valence-corrected chi connectivity index (χ0v) is 22.3. The van der Waals surface area contributed by atoms with Crippen molar-refractivity contribution in [2.45, 2.75) is 66.3 Å². The summed E-state index contributed by atoms with van der Waals surface area (Å²) in [6, 6.07) is 9.15. The molecule has 1 aromatic rings. The quantitative estimate of drug-likeness (QED) is 0.586. The van der Waals surface area contributed by atoms with E-state index in [1.54, 1.807) is 20.8 Å². The van der Waals surface area contributed by atoms with E-state index in [1.807, 2.05) is 3.28 Å². The second-order valence-corrected chi connectivity index (χ2v) is 22.5. The smallest absolute Gasteiger partial charge is 1.00 e. The zero-order chi connectivity index (χ0) is 18.9. The second-order valence-electron chi connectivity index (χ2n) is 10.8. The summed E-state index contributed by atoms with van der Waals surface area (Å²) < 4.78 is 5.20. The SMILES string of the molecule is C[CH]1[CH2][Zr+2]1([C]1=CC(C(C)(C)C)=C(C(C)(C)C)C1)[CH]1C=Cc2ccccc21.[Cl-].[Cl-]. The van der Waals surface area contributed by atoms with E-state index in [0.29, 0.717) is 0 Å². The second kappa shape index (κ2) is 7.87. The molecule has 152 valence electrons. The van der Waals surface area contributed by atoms with Gasteiger partial charge in [-0.2, -0.15) is 0 Å². The molecule has 28 heavy (non-hydrogen) atoms. The van der Waals surface area contributed by atoms with Crippen molar-refractivity contribution in [3.8, 4) is 0 Å². The molecular formula is C25H34Cl2Zr. The molecule has 0 radical (unpaired) electrons. The van der Waals surface area contributed by atoms with Gasteiger partial charge in [0.05, 0.1) is 0 Å². The predicted octanol–water partition coefficient (Wildman–Crippen LogP) is 1.83. The Balaban J connectivity index is 0.00000140. The van der Waals surface area contributed by atoms with Crippen molar-refractivity contribution >= 4 is 6.08 Å². The zero-order valence-electron chi connectivity index (χ0n) is 18.4. The summed E-state index contributed by atoms with van der Waals surface area (Å²) in [5.74, 6) is 0. The van der Waals surface area contributed by atoms with E-state index in [2.05, 4.69) is 91.0 Å². The summed E-state index contributed by atoms with van der Waals surface area (Å²) in [4.78, 5) is 0. The van der Waals surface area contributed by atoms with Crippen LogP contribution in [-0.2, 0) is 20.3 Å². The fourth-order valence-electron chi connectivity index (χ4n) is 5.46. The van der Waals surface area contributed by atoms with Gasteiger partial charge in [-0.05, 0) is 0 Å². The molecular weight excluding hydrogens is 462 g/mol. The standard InChI is InChI=1S/C13H21.C9H7.C3H6.2ClH.Zr/c1-12(2,3)10-8-7-9-11(10)13(4,5)6;1-2-5-9-7-3-6-8(9)4-1;1-3-2;;;/h8H,9H2,1-6H3;1-7H;3H,1H2,2H3;2*1H;/q;;;;;+2/p-2. The Labute approximate surface area is 189 Å².